The van der Waals surface area contributed by atoms with Crippen LogP contribution < -0.4 is 75.8 Å². The first kappa shape index (κ1) is 104. The number of aliphatic carboxylic acids is 3. The highest BCUT2D eigenvalue weighted by Gasteiger charge is 2.40. The highest BCUT2D eigenvalue weighted by Crippen LogP contribution is 2.48. The Labute approximate surface area is 819 Å². The molecule has 0 bridgehead atoms. The van der Waals surface area contributed by atoms with E-state index < -0.39 is 73.5 Å². The molecule has 2 aliphatic carbocycles. The normalized spacial score (nSPS) is 14.8. The highest BCUT2D eigenvalue weighted by atomic mass is 19.1. The monoisotopic (exact) mass is 1960 g/mol. The van der Waals surface area contributed by atoms with Crippen molar-refractivity contribution in [3.05, 3.63) is 308 Å². The van der Waals surface area contributed by atoms with E-state index in [4.69, 9.17) is 62.3 Å². The number of allylic oxidation sites excluding steroid dienone is 3. The number of urea groups is 1. The highest BCUT2D eigenvalue weighted by molar-refractivity contribution is 6.61. The van der Waals surface area contributed by atoms with Gasteiger partial charge in [-0.25, -0.2) is 29.5 Å². The molecule has 12 aromatic rings. The van der Waals surface area contributed by atoms with Gasteiger partial charge in [0, 0.05) is 97.6 Å². The van der Waals surface area contributed by atoms with E-state index in [1.165, 1.54) is 85.6 Å². The molecule has 0 radical (unpaired) electrons. The van der Waals surface area contributed by atoms with Crippen molar-refractivity contribution < 1.29 is 118 Å². The number of benzene rings is 4. The van der Waals surface area contributed by atoms with Crippen molar-refractivity contribution in [2.45, 2.75) is 103 Å². The number of aromatic nitrogens is 6. The fourth-order valence-electron chi connectivity index (χ4n) is 17.1. The van der Waals surface area contributed by atoms with Gasteiger partial charge in [-0.1, -0.05) is 12.1 Å². The van der Waals surface area contributed by atoms with E-state index in [-0.39, 0.29) is 98.0 Å². The summed E-state index contributed by atoms with van der Waals surface area (Å²) in [5.74, 6) is -2.59. The summed E-state index contributed by atoms with van der Waals surface area (Å²) in [6.45, 7) is 3.98. The third-order valence-electron chi connectivity index (χ3n) is 24.2. The SMILES string of the molecule is COc1cc(/C=C2/C(C)=C(CC(=O)NCc3cccn3C)c3nc(F)ccc32)ccc1NCC(=O)O.COc1cc(CC2=C(C)C(NC(=O)NCc3ccco3)c3cc(F)ncc32)cc(OC)c1OCC(=O)O.COc1cc(CC2=NC(CC(=O)NCc3cccn3C)c3nc(F)ccc32)ccc1NCC(=O)O.COc1cc(CC2c3cnc(F)cc3C(CC(=O)NCc3ccco3)N2C)cc(OC)c1B(O)O. The Morgan fingerprint density at radius 3 is 1.63 bits per heavy atom. The van der Waals surface area contributed by atoms with E-state index in [2.05, 4.69) is 57.2 Å². The van der Waals surface area contributed by atoms with Gasteiger partial charge in [0.2, 0.25) is 47.3 Å². The Hall–Kier alpha value is -16.6. The Morgan fingerprint density at radius 1 is 0.510 bits per heavy atom. The molecule has 16 rings (SSSR count). The lowest BCUT2D eigenvalue weighted by Crippen LogP contribution is -2.37. The number of aryl methyl sites for hydroxylation is 2. The van der Waals surface area contributed by atoms with Crippen LogP contribution in [0.2, 0.25) is 0 Å². The van der Waals surface area contributed by atoms with E-state index >= 15 is 0 Å². The van der Waals surface area contributed by atoms with Gasteiger partial charge in [-0.3, -0.25) is 33.9 Å². The van der Waals surface area contributed by atoms with Crippen LogP contribution in [0, 0.1) is 23.8 Å². The van der Waals surface area contributed by atoms with E-state index in [0.717, 1.165) is 67.1 Å². The molecule has 41 heteroatoms. The number of fused-ring (bicyclic) bond motifs is 4. The number of furan rings is 2. The average molecular weight is 1960 g/mol. The van der Waals surface area contributed by atoms with Crippen molar-refractivity contribution in [1.82, 2.24) is 60.6 Å². The first-order valence-electron chi connectivity index (χ1n) is 44.8. The van der Waals surface area contributed by atoms with Gasteiger partial charge in [0.25, 0.3) is 0 Å². The molecule has 4 unspecified atom stereocenters. The molecule has 4 aliphatic rings. The number of carboxylic acid groups (broad SMARTS) is 3. The van der Waals surface area contributed by atoms with Crippen LogP contribution in [0.25, 0.3) is 22.8 Å². The second kappa shape index (κ2) is 47.9. The minimum absolute atomic E-state index is 0.0543. The Kier molecular flexibility index (Phi) is 34.8. The van der Waals surface area contributed by atoms with Gasteiger partial charge in [-0.05, 0) is 240 Å². The van der Waals surface area contributed by atoms with Crippen LogP contribution >= 0.6 is 0 Å². The van der Waals surface area contributed by atoms with Gasteiger partial charge >= 0.3 is 31.1 Å². The molecular weight excluding hydrogens is 1860 g/mol. The molecule has 2 aliphatic heterocycles. The number of hydrogen-bond donors (Lipinski definition) is 12. The number of halogens is 4. The van der Waals surface area contributed by atoms with Crippen molar-refractivity contribution in [3.8, 4) is 40.2 Å². The standard InChI is InChI=1S/C27H27FN4O4.C26H26FN3O7.C25H26FN5O4.C24H27BFN3O6/c1-16-20(11-17-6-8-22(23(12-17)36-3)29-15-26(34)35)19-7-9-24(28)31-27(19)21(16)13-25(33)30-14-18-5-4-10-32(18)2;1-14-17(7-15-8-20(34-2)25(21(9-15)35-3)37-13-23(31)32)19-12-28-22(27)10-18(19)24(14)30-26(33)29-11-16-5-4-6-36-16;1-31-9-3-4-16(31)13-28-23(32)12-20-25-17(6-8-22(26)30-25)19(29-20)10-15-5-7-18(21(11-15)35-2)27-14-24(33)34;1-29-18(7-14-8-20(33-2)24(25(31)32)21(9-14)34-3)17-13-27-22(26)10-16(17)19(29)11-23(30)28-12-15-5-4-6-35-15/h4-12,29H,13-15H2,1-3H3,(H,30,33)(H,34,35);4-6,8-10,12,24H,7,11,13H2,1-3H3,(H,31,32)(H2,29,30,33);3-9,11,20,27H,10,12-14H2,1-2H3,(H,28,32)(H,33,34);4-6,8-10,13,18-19,31-32H,7,11-12H2,1-3H3,(H,28,30)/b20-11-;;;. The van der Waals surface area contributed by atoms with Crippen LogP contribution in [0.5, 0.6) is 40.2 Å². The zero-order chi connectivity index (χ0) is 102. The number of likely N-dealkylation sites (N-methyl/N-ethyl adjacent to an activating group) is 1. The summed E-state index contributed by atoms with van der Waals surface area (Å²) in [6.07, 6.45) is 13.3. The maximum absolute atomic E-state index is 14.1. The van der Waals surface area contributed by atoms with Gasteiger partial charge in [0.05, 0.1) is 128 Å². The fraction of sp³-hybridized carbons (Fsp3) is 0.275. The second-order valence-corrected chi connectivity index (χ2v) is 33.3. The largest absolute Gasteiger partial charge is 0.497 e. The van der Waals surface area contributed by atoms with Crippen molar-refractivity contribution in [1.29, 1.82) is 0 Å². The zero-order valence-corrected chi connectivity index (χ0v) is 79.8. The summed E-state index contributed by atoms with van der Waals surface area (Å²) in [7, 11) is 12.7. The Balaban J connectivity index is 0.000000160. The van der Waals surface area contributed by atoms with Gasteiger partial charge in [0.15, 0.2) is 18.1 Å². The topological polar surface area (TPSA) is 473 Å². The number of rotatable bonds is 38. The number of ether oxygens (including phenoxy) is 7. The number of carboxylic acids is 3. The van der Waals surface area contributed by atoms with Gasteiger partial charge in [0.1, 0.15) is 53.6 Å². The third kappa shape index (κ3) is 26.1. The van der Waals surface area contributed by atoms with Crippen LogP contribution in [0.4, 0.5) is 33.7 Å². The number of methoxy groups -OCH3 is 6. The van der Waals surface area contributed by atoms with Crippen LogP contribution in [-0.2, 0) is 88.3 Å². The first-order valence-corrected chi connectivity index (χ1v) is 44.8. The number of aliphatic imine (C=N–C) groups is 1. The molecule has 0 spiro atoms. The predicted octanol–water partition coefficient (Wildman–Crippen LogP) is 12.3. The second-order valence-electron chi connectivity index (χ2n) is 33.3. The summed E-state index contributed by atoms with van der Waals surface area (Å²) in [4.78, 5) is 106. The van der Waals surface area contributed by atoms with Crippen molar-refractivity contribution >= 4 is 94.1 Å². The fourth-order valence-corrected chi connectivity index (χ4v) is 17.1. The van der Waals surface area contributed by atoms with Gasteiger partial charge < -0.3 is 114 Å². The number of carbonyl (C=O) groups is 7. The lowest BCUT2D eigenvalue weighted by Gasteiger charge is -2.26. The molecule has 12 N–H and O–H groups in total. The van der Waals surface area contributed by atoms with E-state index in [1.807, 2.05) is 104 Å². The molecule has 4 aromatic carbocycles. The number of nitrogens with one attached hydrogen (secondary N) is 7. The van der Waals surface area contributed by atoms with E-state index in [1.54, 1.807) is 91.2 Å². The van der Waals surface area contributed by atoms with Crippen LogP contribution in [0.15, 0.2) is 208 Å². The number of pyridine rings is 4. The smallest absolute Gasteiger partial charge is 0.496 e. The van der Waals surface area contributed by atoms with Crippen LogP contribution in [0.1, 0.15) is 147 Å². The molecule has 10 heterocycles. The molecular formula is C102H106BF4N15O21. The predicted molar refractivity (Wildman–Crippen MR) is 520 cm³/mol. The van der Waals surface area contributed by atoms with Crippen molar-refractivity contribution in [2.75, 3.05) is 80.0 Å². The number of hydrogen-bond acceptors (Lipinski definition) is 26. The molecule has 0 saturated heterocycles. The van der Waals surface area contributed by atoms with Crippen molar-refractivity contribution in [3.63, 3.8) is 0 Å². The molecule has 8 aromatic heterocycles. The molecule has 746 valence electrons. The molecule has 4 atom stereocenters. The minimum Gasteiger partial charge on any atom is -0.497 e. The maximum Gasteiger partial charge on any atom is 0.496 e. The van der Waals surface area contributed by atoms with E-state index in [9.17, 15) is 61.2 Å². The lowest BCUT2D eigenvalue weighted by molar-refractivity contribution is -0.139. The van der Waals surface area contributed by atoms with E-state index in [0.29, 0.717) is 123 Å². The number of nitrogens with zero attached hydrogens (tertiary/aromatic N) is 8. The average Bonchev–Trinajstić information content (AvgIpc) is 1.63. The molecule has 143 heavy (non-hydrogen) atoms. The van der Waals surface area contributed by atoms with Crippen LogP contribution in [-0.4, -0.2) is 183 Å². The van der Waals surface area contributed by atoms with Crippen LogP contribution in [0.3, 0.4) is 0 Å². The summed E-state index contributed by atoms with van der Waals surface area (Å²) in [5.41, 5.74) is 16.3. The van der Waals surface area contributed by atoms with Gasteiger partial charge in [-0.15, -0.1) is 0 Å². The quantitative estimate of drug-likeness (QED) is 0.00971. The number of amides is 5. The Morgan fingerprint density at radius 2 is 1.06 bits per heavy atom. The first-order chi connectivity index (χ1) is 68.7. The lowest BCUT2D eigenvalue weighted by atomic mass is 9.77. The maximum atomic E-state index is 14.1. The molecule has 0 fully saturated rings. The minimum atomic E-state index is -1.76. The van der Waals surface area contributed by atoms with Crippen molar-refractivity contribution in [2.24, 2.45) is 19.1 Å². The summed E-state index contributed by atoms with van der Waals surface area (Å²) in [5, 5.41) is 66.2. The summed E-state index contributed by atoms with van der Waals surface area (Å²) >= 11 is 0. The number of anilines is 2. The molecule has 5 amide bonds. The Bertz CT molecular complexity index is 6750. The summed E-state index contributed by atoms with van der Waals surface area (Å²) in [6, 6.07) is 38.7. The molecule has 0 saturated carbocycles. The molecule has 36 nitrogen and oxygen atoms in total. The third-order valence-corrected chi connectivity index (χ3v) is 24.2. The number of carbonyl (C=O) groups excluding carboxylic acids is 4. The summed E-state index contributed by atoms with van der Waals surface area (Å²) < 4.78 is 108. The van der Waals surface area contributed by atoms with Gasteiger partial charge in [-0.2, -0.15) is 17.6 Å². The zero-order valence-electron chi connectivity index (χ0n) is 79.8.